The predicted molar refractivity (Wildman–Crippen MR) is 184 cm³/mol. The van der Waals surface area contributed by atoms with Crippen LogP contribution in [0, 0.1) is 33.1 Å². The second-order valence-electron chi connectivity index (χ2n) is 12.2. The second-order valence-corrected chi connectivity index (χ2v) is 13.1. The molecule has 4 aromatic carbocycles. The van der Waals surface area contributed by atoms with Gasteiger partial charge < -0.3 is 14.2 Å². The van der Waals surface area contributed by atoms with Gasteiger partial charge in [0.25, 0.3) is 0 Å². The lowest BCUT2D eigenvalue weighted by molar-refractivity contribution is -0.179. The molecule has 0 unspecified atom stereocenters. The highest BCUT2D eigenvalue weighted by molar-refractivity contribution is 9.10. The Morgan fingerprint density at radius 1 is 0.787 bits per heavy atom. The predicted octanol–water partition coefficient (Wildman–Crippen LogP) is 9.25. The number of ether oxygens (including phenoxy) is 3. The zero-order valence-electron chi connectivity index (χ0n) is 27.2. The molecule has 1 aliphatic rings. The van der Waals surface area contributed by atoms with E-state index in [9.17, 15) is 15.1 Å². The number of azide groups is 1. The first-order valence-electron chi connectivity index (χ1n) is 15.5. The molecule has 0 amide bonds. The summed E-state index contributed by atoms with van der Waals surface area (Å²) in [5, 5.41) is 4.38. The third-order valence-electron chi connectivity index (χ3n) is 9.61. The average molecular weight is 697 g/mol. The molecule has 47 heavy (non-hydrogen) atoms. The van der Waals surface area contributed by atoms with Crippen molar-refractivity contribution in [1.29, 1.82) is 0 Å². The van der Waals surface area contributed by atoms with Gasteiger partial charge in [-0.05, 0) is 121 Å². The van der Waals surface area contributed by atoms with Crippen molar-refractivity contribution in [2.24, 2.45) is 10.5 Å². The summed E-state index contributed by atoms with van der Waals surface area (Å²) in [6, 6.07) is 26.3. The van der Waals surface area contributed by atoms with E-state index in [0.29, 0.717) is 11.3 Å². The summed E-state index contributed by atoms with van der Waals surface area (Å²) in [6.45, 7) is 7.70. The van der Waals surface area contributed by atoms with Crippen LogP contribution in [0.15, 0.2) is 94.5 Å². The van der Waals surface area contributed by atoms with Gasteiger partial charge in [-0.3, -0.25) is 9.59 Å². The Bertz CT molecular complexity index is 1730. The Hall–Kier alpha value is -4.59. The molecule has 5 rings (SSSR count). The van der Waals surface area contributed by atoms with E-state index in [1.807, 2.05) is 88.4 Å². The van der Waals surface area contributed by atoms with Crippen LogP contribution in [0.1, 0.15) is 63.3 Å². The molecule has 0 bridgehead atoms. The first-order chi connectivity index (χ1) is 22.6. The maximum Gasteiger partial charge on any atom is 0.324 e. The van der Waals surface area contributed by atoms with Gasteiger partial charge in [-0.2, -0.15) is 0 Å². The van der Waals surface area contributed by atoms with Crippen molar-refractivity contribution >= 4 is 27.9 Å². The van der Waals surface area contributed by atoms with E-state index in [1.165, 1.54) is 0 Å². The molecule has 1 aliphatic carbocycles. The highest BCUT2D eigenvalue weighted by Gasteiger charge is 2.69. The van der Waals surface area contributed by atoms with Crippen LogP contribution in [0.25, 0.3) is 10.4 Å². The van der Waals surface area contributed by atoms with Crippen molar-refractivity contribution in [3.63, 3.8) is 0 Å². The van der Waals surface area contributed by atoms with Crippen LogP contribution in [0.4, 0.5) is 0 Å². The fraction of sp³-hybridized carbons (Fsp3) is 0.316. The van der Waals surface area contributed by atoms with Crippen LogP contribution < -0.4 is 4.74 Å². The van der Waals surface area contributed by atoms with Gasteiger partial charge in [-0.1, -0.05) is 81.7 Å². The van der Waals surface area contributed by atoms with Gasteiger partial charge in [0.1, 0.15) is 24.5 Å². The van der Waals surface area contributed by atoms with E-state index in [0.717, 1.165) is 43.4 Å². The Kier molecular flexibility index (Phi) is 10.1. The summed E-state index contributed by atoms with van der Waals surface area (Å²) < 4.78 is 18.4. The Morgan fingerprint density at radius 3 is 1.72 bits per heavy atom. The van der Waals surface area contributed by atoms with E-state index < -0.39 is 22.9 Å². The molecule has 0 spiro atoms. The molecule has 4 aromatic rings. The highest BCUT2D eigenvalue weighted by Crippen LogP contribution is 2.62. The number of esters is 2. The molecule has 0 aromatic heterocycles. The zero-order valence-corrected chi connectivity index (χ0v) is 28.8. The molecule has 0 radical (unpaired) electrons. The summed E-state index contributed by atoms with van der Waals surface area (Å²) in [5.74, 6) is -1.28. The van der Waals surface area contributed by atoms with Crippen molar-refractivity contribution < 1.29 is 23.8 Å². The largest absolute Gasteiger partial charge is 0.497 e. The highest BCUT2D eigenvalue weighted by atomic mass is 79.9. The number of carbonyl (C=O) groups is 2. The molecule has 242 valence electrons. The maximum atomic E-state index is 14.8. The summed E-state index contributed by atoms with van der Waals surface area (Å²) in [6.07, 6.45) is 0.174. The minimum absolute atomic E-state index is 0.00554. The number of hydrogen-bond donors (Lipinski definition) is 0. The molecule has 0 aliphatic heterocycles. The molecule has 2 atom stereocenters. The number of aryl methyl sites for hydroxylation is 4. The van der Waals surface area contributed by atoms with E-state index in [1.54, 1.807) is 31.4 Å². The van der Waals surface area contributed by atoms with Crippen LogP contribution in [0.3, 0.4) is 0 Å². The van der Waals surface area contributed by atoms with Crippen LogP contribution in [0.5, 0.6) is 5.75 Å². The monoisotopic (exact) mass is 695 g/mol. The third-order valence-corrected chi connectivity index (χ3v) is 10.1. The van der Waals surface area contributed by atoms with Crippen molar-refractivity contribution in [3.05, 3.63) is 144 Å². The molecule has 1 fully saturated rings. The minimum atomic E-state index is -2.01. The summed E-state index contributed by atoms with van der Waals surface area (Å²) in [4.78, 5) is 32.9. The van der Waals surface area contributed by atoms with Crippen molar-refractivity contribution in [3.8, 4) is 5.75 Å². The van der Waals surface area contributed by atoms with E-state index in [-0.39, 0.29) is 32.0 Å². The smallest absolute Gasteiger partial charge is 0.324 e. The lowest BCUT2D eigenvalue weighted by Crippen LogP contribution is -2.53. The van der Waals surface area contributed by atoms with Crippen molar-refractivity contribution in [1.82, 2.24) is 0 Å². The lowest BCUT2D eigenvalue weighted by atomic mass is 9.68. The van der Waals surface area contributed by atoms with E-state index in [4.69, 9.17) is 14.2 Å². The number of hydrogen-bond acceptors (Lipinski definition) is 6. The van der Waals surface area contributed by atoms with Gasteiger partial charge in [0.2, 0.25) is 0 Å². The van der Waals surface area contributed by atoms with Gasteiger partial charge in [0, 0.05) is 9.38 Å². The molecule has 0 N–H and O–H groups in total. The van der Waals surface area contributed by atoms with Gasteiger partial charge in [-0.15, -0.1) is 0 Å². The fourth-order valence-corrected chi connectivity index (χ4v) is 7.13. The average Bonchev–Trinajstić information content (AvgIpc) is 3.41. The van der Waals surface area contributed by atoms with Crippen LogP contribution in [-0.2, 0) is 37.8 Å². The maximum absolute atomic E-state index is 14.8. The normalized spacial score (nSPS) is 18.2. The van der Waals surface area contributed by atoms with E-state index in [2.05, 4.69) is 26.0 Å². The number of halogens is 1. The van der Waals surface area contributed by atoms with Gasteiger partial charge in [0.05, 0.1) is 7.11 Å². The molecule has 9 heteroatoms. The molecule has 1 saturated carbocycles. The zero-order chi connectivity index (χ0) is 33.8. The lowest BCUT2D eigenvalue weighted by Gasteiger charge is -2.39. The Labute approximate surface area is 283 Å². The minimum Gasteiger partial charge on any atom is -0.497 e. The summed E-state index contributed by atoms with van der Waals surface area (Å²) in [5.41, 5.74) is 13.4. The number of methoxy groups -OCH3 is 1. The quantitative estimate of drug-likeness (QED) is 0.0540. The standard InChI is InChI=1S/C38H38BrN3O5/c1-24-8-6-9-25(2)33(24)22-46-35(43)37(36(44)47-23-34-26(3)10-7-11-27(34)4)20-29(28-12-18-32(45-5)19-13-28)21-38(37,41-42-40)30-14-16-31(39)17-15-30/h6-19,29H,20-23H2,1-5H3/t29-,38+/m1/s1. The van der Waals surface area contributed by atoms with E-state index >= 15 is 0 Å². The molecule has 0 heterocycles. The second kappa shape index (κ2) is 14.0. The van der Waals surface area contributed by atoms with Crippen LogP contribution in [-0.4, -0.2) is 19.0 Å². The number of rotatable bonds is 10. The van der Waals surface area contributed by atoms with Gasteiger partial charge in [-0.25, -0.2) is 0 Å². The molecule has 0 saturated heterocycles. The fourth-order valence-electron chi connectivity index (χ4n) is 6.87. The van der Waals surface area contributed by atoms with Gasteiger partial charge in [0.15, 0.2) is 5.41 Å². The SMILES string of the molecule is COc1ccc([C@@H]2CC(C(=O)OCc3c(C)cccc3C)(C(=O)OCc3c(C)cccc3C)[C@@](N=[N+]=[N-])(c3ccc(Br)cc3)C2)cc1. The molecular weight excluding hydrogens is 658 g/mol. The summed E-state index contributed by atoms with van der Waals surface area (Å²) >= 11 is 3.49. The Morgan fingerprint density at radius 2 is 1.28 bits per heavy atom. The Balaban J connectivity index is 1.68. The topological polar surface area (TPSA) is 111 Å². The molecule has 8 nitrogen and oxygen atoms in total. The van der Waals surface area contributed by atoms with Crippen molar-refractivity contribution in [2.75, 3.05) is 7.11 Å². The van der Waals surface area contributed by atoms with Crippen molar-refractivity contribution in [2.45, 2.75) is 65.2 Å². The molecular formula is C38H38BrN3O5. The first kappa shape index (κ1) is 33.8. The van der Waals surface area contributed by atoms with Gasteiger partial charge >= 0.3 is 11.9 Å². The first-order valence-corrected chi connectivity index (χ1v) is 16.3. The third kappa shape index (κ3) is 6.38. The number of benzene rings is 4. The van der Waals surface area contributed by atoms with Crippen LogP contribution >= 0.6 is 15.9 Å². The van der Waals surface area contributed by atoms with Crippen LogP contribution in [0.2, 0.25) is 0 Å². The number of carbonyl (C=O) groups excluding carboxylic acids is 2. The summed E-state index contributed by atoms with van der Waals surface area (Å²) in [7, 11) is 1.59. The number of nitrogens with zero attached hydrogens (tertiary/aromatic N) is 3.